The van der Waals surface area contributed by atoms with Crippen LogP contribution in [0, 0.1) is 5.92 Å². The topological polar surface area (TPSA) is 78.9 Å². The Morgan fingerprint density at radius 2 is 1.69 bits per heavy atom. The molecule has 1 aliphatic heterocycles. The average molecular weight is 384 g/mol. The number of hydrogen-bond acceptors (Lipinski definition) is 5. The molecule has 0 spiro atoms. The Hall–Kier alpha value is -1.64. The van der Waals surface area contributed by atoms with Gasteiger partial charge in [-0.15, -0.1) is 0 Å². The molecular formula is C18H29N3O4S. The summed E-state index contributed by atoms with van der Waals surface area (Å²) < 4.78 is 32.5. The molecule has 146 valence electrons. The van der Waals surface area contributed by atoms with Crippen molar-refractivity contribution in [2.24, 2.45) is 5.92 Å². The van der Waals surface area contributed by atoms with E-state index in [0.717, 1.165) is 13.1 Å². The predicted molar refractivity (Wildman–Crippen MR) is 101 cm³/mol. The van der Waals surface area contributed by atoms with Gasteiger partial charge in [0.15, 0.2) is 6.10 Å². The molecule has 0 unspecified atom stereocenters. The molecule has 1 saturated heterocycles. The number of piperazine rings is 1. The lowest BCUT2D eigenvalue weighted by Crippen LogP contribution is -2.46. The van der Waals surface area contributed by atoms with Crippen LogP contribution in [0.3, 0.4) is 0 Å². The third-order valence-corrected chi connectivity index (χ3v) is 6.20. The van der Waals surface area contributed by atoms with E-state index in [-0.39, 0.29) is 10.8 Å². The Labute approximate surface area is 156 Å². The molecule has 26 heavy (non-hydrogen) atoms. The minimum absolute atomic E-state index is 0.187. The van der Waals surface area contributed by atoms with Gasteiger partial charge in [0.2, 0.25) is 10.0 Å². The molecular weight excluding hydrogens is 354 g/mol. The summed E-state index contributed by atoms with van der Waals surface area (Å²) >= 11 is 0. The molecule has 0 aliphatic carbocycles. The van der Waals surface area contributed by atoms with Crippen LogP contribution in [0.5, 0.6) is 5.75 Å². The second-order valence-electron chi connectivity index (χ2n) is 7.08. The highest BCUT2D eigenvalue weighted by Crippen LogP contribution is 2.21. The van der Waals surface area contributed by atoms with Crippen LogP contribution in [0.1, 0.15) is 20.8 Å². The zero-order valence-electron chi connectivity index (χ0n) is 15.9. The average Bonchev–Trinajstić information content (AvgIpc) is 2.60. The number of carbonyl (C=O) groups is 1. The zero-order valence-corrected chi connectivity index (χ0v) is 16.8. The van der Waals surface area contributed by atoms with E-state index in [9.17, 15) is 13.2 Å². The SMILES string of the molecule is CC(C)CNC(=O)[C@@H](C)Oc1ccc(S(=O)(=O)N2CCN(C)CC2)cc1. The van der Waals surface area contributed by atoms with Crippen LogP contribution in [0.25, 0.3) is 0 Å². The van der Waals surface area contributed by atoms with Crippen LogP contribution in [0.2, 0.25) is 0 Å². The van der Waals surface area contributed by atoms with Gasteiger partial charge in [-0.2, -0.15) is 4.31 Å². The van der Waals surface area contributed by atoms with E-state index >= 15 is 0 Å². The van der Waals surface area contributed by atoms with Crippen LogP contribution < -0.4 is 10.1 Å². The molecule has 1 atom stereocenters. The fourth-order valence-electron chi connectivity index (χ4n) is 2.57. The Morgan fingerprint density at radius 3 is 2.23 bits per heavy atom. The summed E-state index contributed by atoms with van der Waals surface area (Å²) in [6.45, 7) is 8.73. The molecule has 1 aromatic carbocycles. The van der Waals surface area contributed by atoms with Crippen molar-refractivity contribution >= 4 is 15.9 Å². The van der Waals surface area contributed by atoms with Crippen LogP contribution >= 0.6 is 0 Å². The van der Waals surface area contributed by atoms with Gasteiger partial charge >= 0.3 is 0 Å². The molecule has 0 bridgehead atoms. The van der Waals surface area contributed by atoms with E-state index in [4.69, 9.17) is 4.74 Å². The molecule has 1 amide bonds. The highest BCUT2D eigenvalue weighted by Gasteiger charge is 2.27. The molecule has 2 rings (SSSR count). The lowest BCUT2D eigenvalue weighted by molar-refractivity contribution is -0.127. The number of amides is 1. The Bertz CT molecular complexity index is 696. The number of rotatable bonds is 7. The van der Waals surface area contributed by atoms with Gasteiger partial charge in [0.05, 0.1) is 4.90 Å². The van der Waals surface area contributed by atoms with Gasteiger partial charge < -0.3 is 15.0 Å². The van der Waals surface area contributed by atoms with Crippen molar-refractivity contribution in [3.05, 3.63) is 24.3 Å². The second kappa shape index (κ2) is 8.83. The monoisotopic (exact) mass is 383 g/mol. The molecule has 1 heterocycles. The number of ether oxygens (including phenoxy) is 1. The van der Waals surface area contributed by atoms with Crippen molar-refractivity contribution < 1.29 is 17.9 Å². The van der Waals surface area contributed by atoms with Crippen molar-refractivity contribution in [1.82, 2.24) is 14.5 Å². The first kappa shape index (κ1) is 20.7. The number of sulfonamides is 1. The molecule has 0 aromatic heterocycles. The molecule has 1 aromatic rings. The van der Waals surface area contributed by atoms with E-state index in [2.05, 4.69) is 10.2 Å². The maximum Gasteiger partial charge on any atom is 0.260 e. The number of carbonyl (C=O) groups excluding carboxylic acids is 1. The Morgan fingerprint density at radius 1 is 1.12 bits per heavy atom. The van der Waals surface area contributed by atoms with Gasteiger partial charge in [-0.1, -0.05) is 13.8 Å². The summed E-state index contributed by atoms with van der Waals surface area (Å²) in [5, 5.41) is 2.81. The van der Waals surface area contributed by atoms with Gasteiger partial charge in [0, 0.05) is 32.7 Å². The maximum atomic E-state index is 12.7. The van der Waals surface area contributed by atoms with Gasteiger partial charge in [-0.05, 0) is 44.2 Å². The summed E-state index contributed by atoms with van der Waals surface area (Å²) in [6.07, 6.45) is -0.645. The fraction of sp³-hybridized carbons (Fsp3) is 0.611. The zero-order chi connectivity index (χ0) is 19.3. The number of nitrogens with one attached hydrogen (secondary N) is 1. The van der Waals surface area contributed by atoms with E-state index in [1.165, 1.54) is 16.4 Å². The van der Waals surface area contributed by atoms with E-state index in [1.807, 2.05) is 20.9 Å². The van der Waals surface area contributed by atoms with Gasteiger partial charge in [-0.25, -0.2) is 8.42 Å². The van der Waals surface area contributed by atoms with E-state index in [1.54, 1.807) is 19.1 Å². The van der Waals surface area contributed by atoms with Crippen LogP contribution in [-0.2, 0) is 14.8 Å². The maximum absolute atomic E-state index is 12.7. The normalized spacial score (nSPS) is 17.9. The van der Waals surface area contributed by atoms with Crippen molar-refractivity contribution in [2.75, 3.05) is 39.8 Å². The van der Waals surface area contributed by atoms with Crippen LogP contribution in [0.15, 0.2) is 29.2 Å². The molecule has 1 aliphatic rings. The Kier molecular flexibility index (Phi) is 7.02. The van der Waals surface area contributed by atoms with Gasteiger partial charge in [-0.3, -0.25) is 4.79 Å². The summed E-state index contributed by atoms with van der Waals surface area (Å²) in [5.41, 5.74) is 0. The predicted octanol–water partition coefficient (Wildman–Crippen LogP) is 1.16. The third-order valence-electron chi connectivity index (χ3n) is 4.29. The third kappa shape index (κ3) is 5.43. The highest BCUT2D eigenvalue weighted by atomic mass is 32.2. The summed E-state index contributed by atoms with van der Waals surface area (Å²) in [5.74, 6) is 0.646. The first-order valence-corrected chi connectivity index (χ1v) is 10.4. The van der Waals surface area contributed by atoms with Crippen molar-refractivity contribution in [2.45, 2.75) is 31.8 Å². The second-order valence-corrected chi connectivity index (χ2v) is 9.02. The van der Waals surface area contributed by atoms with Gasteiger partial charge in [0.25, 0.3) is 5.91 Å². The van der Waals surface area contributed by atoms with Crippen LogP contribution in [0.4, 0.5) is 0 Å². The molecule has 1 fully saturated rings. The smallest absolute Gasteiger partial charge is 0.260 e. The van der Waals surface area contributed by atoms with Crippen molar-refractivity contribution in [3.63, 3.8) is 0 Å². The minimum Gasteiger partial charge on any atom is -0.481 e. The molecule has 0 radical (unpaired) electrons. The lowest BCUT2D eigenvalue weighted by atomic mass is 10.2. The van der Waals surface area contributed by atoms with Gasteiger partial charge in [0.1, 0.15) is 5.75 Å². The standard InChI is InChI=1S/C18H29N3O4S/c1-14(2)13-19-18(22)15(3)25-16-5-7-17(8-6-16)26(23,24)21-11-9-20(4)10-12-21/h5-8,14-15H,9-13H2,1-4H3,(H,19,22)/t15-/m1/s1. The fourth-order valence-corrected chi connectivity index (χ4v) is 4.00. The summed E-state index contributed by atoms with van der Waals surface area (Å²) in [6, 6.07) is 6.24. The number of benzene rings is 1. The first-order chi connectivity index (χ1) is 12.2. The first-order valence-electron chi connectivity index (χ1n) is 8.93. The Balaban J connectivity index is 1.98. The van der Waals surface area contributed by atoms with E-state index in [0.29, 0.717) is 31.3 Å². The largest absolute Gasteiger partial charge is 0.481 e. The number of nitrogens with zero attached hydrogens (tertiary/aromatic N) is 2. The number of likely N-dealkylation sites (N-methyl/N-ethyl adjacent to an activating group) is 1. The molecule has 0 saturated carbocycles. The van der Waals surface area contributed by atoms with E-state index < -0.39 is 16.1 Å². The lowest BCUT2D eigenvalue weighted by Gasteiger charge is -2.31. The van der Waals surface area contributed by atoms with Crippen molar-refractivity contribution in [1.29, 1.82) is 0 Å². The van der Waals surface area contributed by atoms with Crippen molar-refractivity contribution in [3.8, 4) is 5.75 Å². The molecule has 1 N–H and O–H groups in total. The quantitative estimate of drug-likeness (QED) is 0.764. The summed E-state index contributed by atoms with van der Waals surface area (Å²) in [7, 11) is -1.51. The number of hydrogen-bond donors (Lipinski definition) is 1. The molecule has 8 heteroatoms. The molecule has 7 nitrogen and oxygen atoms in total. The van der Waals surface area contributed by atoms with Crippen LogP contribution in [-0.4, -0.2) is 69.4 Å². The minimum atomic E-state index is -3.49. The summed E-state index contributed by atoms with van der Waals surface area (Å²) in [4.78, 5) is 14.3. The highest BCUT2D eigenvalue weighted by molar-refractivity contribution is 7.89.